The smallest absolute Gasteiger partial charge is 0.118 e. The van der Waals surface area contributed by atoms with Crippen molar-refractivity contribution in [1.82, 2.24) is 5.32 Å². The molecule has 1 N–H and O–H groups in total. The van der Waals surface area contributed by atoms with Crippen LogP contribution in [0.15, 0.2) is 24.3 Å². The first-order chi connectivity index (χ1) is 8.13. The number of ether oxygens (including phenoxy) is 1. The number of nitrogens with one attached hydrogen (secondary N) is 1. The van der Waals surface area contributed by atoms with E-state index in [-0.39, 0.29) is 16.5 Å². The summed E-state index contributed by atoms with van der Waals surface area (Å²) in [7, 11) is 0.899. The number of methoxy groups -OCH3 is 1. The van der Waals surface area contributed by atoms with Gasteiger partial charge in [-0.1, -0.05) is 12.1 Å². The predicted octanol–water partition coefficient (Wildman–Crippen LogP) is 1.87. The molecule has 0 radical (unpaired) electrons. The Morgan fingerprint density at radius 3 is 2.53 bits per heavy atom. The van der Waals surface area contributed by atoms with Crippen LogP contribution in [0.1, 0.15) is 25.5 Å². The molecule has 1 saturated heterocycles. The lowest BCUT2D eigenvalue weighted by molar-refractivity contribution is 0.414. The Hall–Kier alpha value is -0.870. The molecule has 1 aliphatic heterocycles. The van der Waals surface area contributed by atoms with Crippen molar-refractivity contribution in [2.24, 2.45) is 0 Å². The van der Waals surface area contributed by atoms with Gasteiger partial charge in [0, 0.05) is 28.6 Å². The highest BCUT2D eigenvalue weighted by Gasteiger charge is 2.32. The molecular formula is C13H19NO2S. The van der Waals surface area contributed by atoms with Gasteiger partial charge in [0.05, 0.1) is 12.4 Å². The summed E-state index contributed by atoms with van der Waals surface area (Å²) in [5, 5.41) is 3.85. The molecule has 4 heteroatoms. The van der Waals surface area contributed by atoms with E-state index in [9.17, 15) is 4.21 Å². The highest BCUT2D eigenvalue weighted by molar-refractivity contribution is 7.86. The van der Waals surface area contributed by atoms with Crippen molar-refractivity contribution in [2.45, 2.75) is 30.4 Å². The fourth-order valence-corrected chi connectivity index (χ4v) is 3.76. The van der Waals surface area contributed by atoms with E-state index in [1.165, 1.54) is 5.56 Å². The van der Waals surface area contributed by atoms with Crippen LogP contribution in [0.3, 0.4) is 0 Å². The molecule has 0 spiro atoms. The molecule has 0 aromatic heterocycles. The molecule has 0 aliphatic carbocycles. The summed E-state index contributed by atoms with van der Waals surface area (Å²) in [6.07, 6.45) is 0. The van der Waals surface area contributed by atoms with E-state index in [1.54, 1.807) is 7.11 Å². The van der Waals surface area contributed by atoms with E-state index in [0.717, 1.165) is 12.3 Å². The summed E-state index contributed by atoms with van der Waals surface area (Å²) in [4.78, 5) is 0. The summed E-state index contributed by atoms with van der Waals surface area (Å²) >= 11 is 0. The van der Waals surface area contributed by atoms with E-state index < -0.39 is 10.8 Å². The van der Waals surface area contributed by atoms with Crippen molar-refractivity contribution in [1.29, 1.82) is 0 Å². The molecule has 4 atom stereocenters. The van der Waals surface area contributed by atoms with Crippen molar-refractivity contribution in [2.75, 3.05) is 13.7 Å². The van der Waals surface area contributed by atoms with E-state index in [2.05, 4.69) is 5.32 Å². The molecule has 1 fully saturated rings. The summed E-state index contributed by atoms with van der Waals surface area (Å²) in [5.74, 6) is 0.853. The summed E-state index contributed by atoms with van der Waals surface area (Å²) in [6, 6.07) is 8.16. The number of hydrogen-bond acceptors (Lipinski definition) is 3. The third-order valence-corrected chi connectivity index (χ3v) is 5.30. The van der Waals surface area contributed by atoms with Crippen LogP contribution in [0.4, 0.5) is 0 Å². The minimum atomic E-state index is -0.761. The molecule has 0 bridgehead atoms. The number of rotatable bonds is 2. The van der Waals surface area contributed by atoms with Gasteiger partial charge in [-0.2, -0.15) is 0 Å². The second kappa shape index (κ2) is 5.19. The summed E-state index contributed by atoms with van der Waals surface area (Å²) < 4.78 is 17.2. The quantitative estimate of drug-likeness (QED) is 0.874. The molecule has 94 valence electrons. The maximum Gasteiger partial charge on any atom is 0.118 e. The Kier molecular flexibility index (Phi) is 3.84. The summed E-state index contributed by atoms with van der Waals surface area (Å²) in [5.41, 5.74) is 1.18. The zero-order chi connectivity index (χ0) is 12.4. The van der Waals surface area contributed by atoms with Crippen LogP contribution >= 0.6 is 0 Å². The van der Waals surface area contributed by atoms with Crippen molar-refractivity contribution in [3.8, 4) is 5.75 Å². The Bertz CT molecular complexity index is 404. The molecule has 0 saturated carbocycles. The predicted molar refractivity (Wildman–Crippen MR) is 70.8 cm³/mol. The van der Waals surface area contributed by atoms with E-state index in [0.29, 0.717) is 0 Å². The van der Waals surface area contributed by atoms with Crippen LogP contribution in [-0.4, -0.2) is 28.4 Å². The first kappa shape index (κ1) is 12.6. The van der Waals surface area contributed by atoms with Gasteiger partial charge in [-0.05, 0) is 31.5 Å². The average molecular weight is 253 g/mol. The molecule has 2 rings (SSSR count). The van der Waals surface area contributed by atoms with Crippen LogP contribution in [0, 0.1) is 0 Å². The normalized spacial score (nSPS) is 33.4. The SMILES string of the molecule is COc1ccc(C2NCC(C)S(=O)C2C)cc1. The topological polar surface area (TPSA) is 38.3 Å². The Morgan fingerprint density at radius 2 is 1.94 bits per heavy atom. The molecule has 1 aromatic carbocycles. The van der Waals surface area contributed by atoms with Gasteiger partial charge in [-0.25, -0.2) is 0 Å². The first-order valence-electron chi connectivity index (χ1n) is 5.90. The van der Waals surface area contributed by atoms with Crippen LogP contribution in [0.25, 0.3) is 0 Å². The lowest BCUT2D eigenvalue weighted by Gasteiger charge is -2.33. The Balaban J connectivity index is 2.18. The minimum Gasteiger partial charge on any atom is -0.497 e. The molecule has 1 aromatic rings. The van der Waals surface area contributed by atoms with Gasteiger partial charge in [-0.3, -0.25) is 4.21 Å². The highest BCUT2D eigenvalue weighted by atomic mass is 32.2. The minimum absolute atomic E-state index is 0.146. The maximum absolute atomic E-state index is 12.1. The summed E-state index contributed by atoms with van der Waals surface area (Å²) in [6.45, 7) is 4.89. The van der Waals surface area contributed by atoms with Gasteiger partial charge in [0.15, 0.2) is 0 Å². The fraction of sp³-hybridized carbons (Fsp3) is 0.538. The zero-order valence-electron chi connectivity index (χ0n) is 10.5. The van der Waals surface area contributed by atoms with Crippen molar-refractivity contribution in [3.05, 3.63) is 29.8 Å². The van der Waals surface area contributed by atoms with Crippen LogP contribution < -0.4 is 10.1 Å². The third-order valence-electron chi connectivity index (χ3n) is 3.33. The number of benzene rings is 1. The standard InChI is InChI=1S/C13H19NO2S/c1-9-8-14-13(10(2)17(9)15)11-4-6-12(16-3)7-5-11/h4-7,9-10,13-14H,8H2,1-3H3. The largest absolute Gasteiger partial charge is 0.497 e. The van der Waals surface area contributed by atoms with E-state index >= 15 is 0 Å². The molecule has 0 amide bonds. The molecule has 1 aliphatic rings. The van der Waals surface area contributed by atoms with E-state index in [1.807, 2.05) is 38.1 Å². The molecular weight excluding hydrogens is 234 g/mol. The van der Waals surface area contributed by atoms with Gasteiger partial charge in [0.2, 0.25) is 0 Å². The van der Waals surface area contributed by atoms with Crippen molar-refractivity contribution in [3.63, 3.8) is 0 Å². The van der Waals surface area contributed by atoms with Gasteiger partial charge in [0.1, 0.15) is 5.75 Å². The second-order valence-electron chi connectivity index (χ2n) is 4.50. The lowest BCUT2D eigenvalue weighted by Crippen LogP contribution is -2.46. The Labute approximate surface area is 105 Å². The molecule has 4 unspecified atom stereocenters. The average Bonchev–Trinajstić information content (AvgIpc) is 2.36. The van der Waals surface area contributed by atoms with Crippen LogP contribution in [0.5, 0.6) is 5.75 Å². The van der Waals surface area contributed by atoms with Gasteiger partial charge >= 0.3 is 0 Å². The zero-order valence-corrected chi connectivity index (χ0v) is 11.3. The van der Waals surface area contributed by atoms with Crippen molar-refractivity contribution < 1.29 is 8.95 Å². The van der Waals surface area contributed by atoms with Gasteiger partial charge in [0.25, 0.3) is 0 Å². The lowest BCUT2D eigenvalue weighted by atomic mass is 10.0. The fourth-order valence-electron chi connectivity index (χ4n) is 2.24. The van der Waals surface area contributed by atoms with E-state index in [4.69, 9.17) is 4.74 Å². The first-order valence-corrected chi connectivity index (χ1v) is 7.18. The van der Waals surface area contributed by atoms with Gasteiger partial charge in [-0.15, -0.1) is 0 Å². The van der Waals surface area contributed by atoms with Crippen LogP contribution in [-0.2, 0) is 10.8 Å². The van der Waals surface area contributed by atoms with Crippen molar-refractivity contribution >= 4 is 10.8 Å². The molecule has 3 nitrogen and oxygen atoms in total. The Morgan fingerprint density at radius 1 is 1.29 bits per heavy atom. The number of hydrogen-bond donors (Lipinski definition) is 1. The monoisotopic (exact) mass is 253 g/mol. The maximum atomic E-state index is 12.1. The van der Waals surface area contributed by atoms with Gasteiger partial charge < -0.3 is 10.1 Å². The third kappa shape index (κ3) is 2.53. The van der Waals surface area contributed by atoms with Crippen LogP contribution in [0.2, 0.25) is 0 Å². The second-order valence-corrected chi connectivity index (χ2v) is 6.71. The molecule has 17 heavy (non-hydrogen) atoms. The molecule has 1 heterocycles. The highest BCUT2D eigenvalue weighted by Crippen LogP contribution is 2.27.